The summed E-state index contributed by atoms with van der Waals surface area (Å²) < 4.78 is 45.4. The number of para-hydroxylation sites is 1. The molecular weight excluding hydrogens is 357 g/mol. The van der Waals surface area contributed by atoms with E-state index in [4.69, 9.17) is 4.74 Å². The first-order chi connectivity index (χ1) is 12.8. The van der Waals surface area contributed by atoms with Gasteiger partial charge in [0.15, 0.2) is 0 Å². The van der Waals surface area contributed by atoms with E-state index >= 15 is 0 Å². The molecule has 3 aromatic rings. The van der Waals surface area contributed by atoms with Gasteiger partial charge in [-0.05, 0) is 29.8 Å². The summed E-state index contributed by atoms with van der Waals surface area (Å²) in [5, 5.41) is 1.11. The van der Waals surface area contributed by atoms with Gasteiger partial charge in [0.2, 0.25) is 0 Å². The number of ether oxygens (including phenoxy) is 1. The normalized spacial score (nSPS) is 12.4. The van der Waals surface area contributed by atoms with Crippen LogP contribution in [0.15, 0.2) is 59.7 Å². The molecule has 140 valence electrons. The van der Waals surface area contributed by atoms with Crippen molar-refractivity contribution >= 4 is 22.6 Å². The molecule has 0 saturated carbocycles. The first-order valence-electron chi connectivity index (χ1n) is 8.15. The van der Waals surface area contributed by atoms with Crippen molar-refractivity contribution in [2.24, 2.45) is 12.0 Å². The summed E-state index contributed by atoms with van der Waals surface area (Å²) in [6, 6.07) is 12.4. The molecular formula is C20H17F3N2O2. The zero-order chi connectivity index (χ0) is 19.6. The number of aryl methyl sites for hydroxylation is 1. The third-order valence-electron chi connectivity index (χ3n) is 4.23. The van der Waals surface area contributed by atoms with Crippen LogP contribution in [0.4, 0.5) is 18.9 Å². The molecule has 0 bridgehead atoms. The maximum Gasteiger partial charge on any atom is 0.416 e. The highest BCUT2D eigenvalue weighted by Gasteiger charge is 2.30. The highest BCUT2D eigenvalue weighted by atomic mass is 19.4. The maximum absolute atomic E-state index is 13.0. The fraction of sp³-hybridized carbons (Fsp3) is 0.200. The molecule has 3 rings (SSSR count). The lowest BCUT2D eigenvalue weighted by molar-refractivity contribution is -0.140. The molecule has 4 nitrogen and oxygen atoms in total. The number of methoxy groups -OCH3 is 1. The van der Waals surface area contributed by atoms with Gasteiger partial charge in [0.25, 0.3) is 0 Å². The minimum atomic E-state index is -4.42. The van der Waals surface area contributed by atoms with Crippen molar-refractivity contribution in [1.82, 2.24) is 4.57 Å². The summed E-state index contributed by atoms with van der Waals surface area (Å²) in [7, 11) is 2.99. The Morgan fingerprint density at radius 1 is 1.15 bits per heavy atom. The summed E-state index contributed by atoms with van der Waals surface area (Å²) in [6.07, 6.45) is -2.70. The van der Waals surface area contributed by atoms with Crippen molar-refractivity contribution in [3.05, 3.63) is 71.2 Å². The molecule has 0 radical (unpaired) electrons. The Morgan fingerprint density at radius 3 is 2.59 bits per heavy atom. The molecule has 27 heavy (non-hydrogen) atoms. The topological polar surface area (TPSA) is 43.6 Å². The molecule has 0 aliphatic heterocycles. The van der Waals surface area contributed by atoms with E-state index < -0.39 is 17.7 Å². The van der Waals surface area contributed by atoms with Gasteiger partial charge in [-0.1, -0.05) is 24.3 Å². The Balaban J connectivity index is 2.18. The minimum absolute atomic E-state index is 0.0624. The van der Waals surface area contributed by atoms with Gasteiger partial charge in [-0.2, -0.15) is 13.2 Å². The van der Waals surface area contributed by atoms with E-state index in [9.17, 15) is 18.0 Å². The SMILES string of the molecule is COC(=O)Cc1ccccc1N=c1ccn(C)c2cc(C(F)(F)F)ccc12. The predicted molar refractivity (Wildman–Crippen MR) is 95.3 cm³/mol. The van der Waals surface area contributed by atoms with E-state index in [-0.39, 0.29) is 6.42 Å². The first kappa shape index (κ1) is 18.7. The average molecular weight is 374 g/mol. The second-order valence-electron chi connectivity index (χ2n) is 6.03. The van der Waals surface area contributed by atoms with Crippen molar-refractivity contribution in [2.75, 3.05) is 7.11 Å². The average Bonchev–Trinajstić information content (AvgIpc) is 2.64. The third kappa shape index (κ3) is 4.02. The molecule has 7 heteroatoms. The zero-order valence-electron chi connectivity index (χ0n) is 14.7. The molecule has 0 atom stereocenters. The lowest BCUT2D eigenvalue weighted by Crippen LogP contribution is -2.11. The van der Waals surface area contributed by atoms with Crippen molar-refractivity contribution < 1.29 is 22.7 Å². The zero-order valence-corrected chi connectivity index (χ0v) is 14.7. The van der Waals surface area contributed by atoms with Gasteiger partial charge in [-0.3, -0.25) is 4.79 Å². The molecule has 0 N–H and O–H groups in total. The number of rotatable bonds is 3. The van der Waals surface area contributed by atoms with E-state index in [1.54, 1.807) is 48.1 Å². The van der Waals surface area contributed by atoms with Gasteiger partial charge in [0.1, 0.15) is 0 Å². The van der Waals surface area contributed by atoms with Gasteiger partial charge in [-0.25, -0.2) is 4.99 Å². The summed E-state index contributed by atoms with van der Waals surface area (Å²) >= 11 is 0. The van der Waals surface area contributed by atoms with Crippen LogP contribution in [0.25, 0.3) is 10.9 Å². The number of nitrogens with zero attached hydrogens (tertiary/aromatic N) is 2. The van der Waals surface area contributed by atoms with Gasteiger partial charge in [-0.15, -0.1) is 0 Å². The van der Waals surface area contributed by atoms with E-state index in [1.807, 2.05) is 0 Å². The van der Waals surface area contributed by atoms with Crippen LogP contribution in [0.1, 0.15) is 11.1 Å². The lowest BCUT2D eigenvalue weighted by Gasteiger charge is -2.11. The van der Waals surface area contributed by atoms with Crippen LogP contribution >= 0.6 is 0 Å². The third-order valence-corrected chi connectivity index (χ3v) is 4.23. The number of aromatic nitrogens is 1. The van der Waals surface area contributed by atoms with Crippen LogP contribution in [0, 0.1) is 0 Å². The standard InChI is InChI=1S/C20H17F3N2O2/c1-25-10-9-17(15-8-7-14(12-18(15)25)20(21,22)23)24-16-6-4-3-5-13(16)11-19(26)27-2/h3-10,12H,11H2,1-2H3. The van der Waals surface area contributed by atoms with Crippen LogP contribution < -0.4 is 5.36 Å². The van der Waals surface area contributed by atoms with Crippen LogP contribution in [0.3, 0.4) is 0 Å². The number of pyridine rings is 1. The van der Waals surface area contributed by atoms with E-state index in [0.717, 1.165) is 12.1 Å². The lowest BCUT2D eigenvalue weighted by atomic mass is 10.1. The molecule has 0 amide bonds. The van der Waals surface area contributed by atoms with Crippen molar-refractivity contribution in [1.29, 1.82) is 0 Å². The Labute approximate surface area is 153 Å². The molecule has 0 spiro atoms. The molecule has 0 unspecified atom stereocenters. The number of esters is 1. The smallest absolute Gasteiger partial charge is 0.416 e. The van der Waals surface area contributed by atoms with Gasteiger partial charge in [0.05, 0.1) is 35.7 Å². The first-order valence-corrected chi connectivity index (χ1v) is 8.15. The van der Waals surface area contributed by atoms with Gasteiger partial charge < -0.3 is 9.30 Å². The highest BCUT2D eigenvalue weighted by molar-refractivity contribution is 5.80. The fourth-order valence-corrected chi connectivity index (χ4v) is 2.79. The second kappa shape index (κ2) is 7.26. The molecule has 0 saturated heterocycles. The number of alkyl halides is 3. The van der Waals surface area contributed by atoms with Crippen LogP contribution in [0.5, 0.6) is 0 Å². The molecule has 2 aromatic carbocycles. The number of hydrogen-bond donors (Lipinski definition) is 0. The molecule has 1 aromatic heterocycles. The minimum Gasteiger partial charge on any atom is -0.469 e. The van der Waals surface area contributed by atoms with Crippen molar-refractivity contribution in [2.45, 2.75) is 12.6 Å². The monoisotopic (exact) mass is 374 g/mol. The summed E-state index contributed by atoms with van der Waals surface area (Å²) in [5.74, 6) is -0.392. The maximum atomic E-state index is 13.0. The number of carbonyl (C=O) groups excluding carboxylic acids is 1. The number of fused-ring (bicyclic) bond motifs is 1. The Kier molecular flexibility index (Phi) is 5.03. The van der Waals surface area contributed by atoms with Crippen LogP contribution in [-0.2, 0) is 29.2 Å². The fourth-order valence-electron chi connectivity index (χ4n) is 2.79. The van der Waals surface area contributed by atoms with Crippen LogP contribution in [0.2, 0.25) is 0 Å². The number of hydrogen-bond acceptors (Lipinski definition) is 3. The van der Waals surface area contributed by atoms with E-state index in [1.165, 1.54) is 13.2 Å². The number of carbonyl (C=O) groups is 1. The highest BCUT2D eigenvalue weighted by Crippen LogP contribution is 2.30. The van der Waals surface area contributed by atoms with E-state index in [2.05, 4.69) is 4.99 Å². The number of benzene rings is 2. The number of halogens is 3. The summed E-state index contributed by atoms with van der Waals surface area (Å²) in [5.41, 5.74) is 0.945. The Morgan fingerprint density at radius 2 is 1.89 bits per heavy atom. The van der Waals surface area contributed by atoms with Crippen molar-refractivity contribution in [3.63, 3.8) is 0 Å². The Bertz CT molecular complexity index is 1070. The molecule has 1 heterocycles. The molecule has 0 fully saturated rings. The van der Waals surface area contributed by atoms with E-state index in [0.29, 0.717) is 27.5 Å². The van der Waals surface area contributed by atoms with Crippen LogP contribution in [-0.4, -0.2) is 17.6 Å². The molecule has 0 aliphatic carbocycles. The molecule has 0 aliphatic rings. The summed E-state index contributed by atoms with van der Waals surface area (Å²) in [6.45, 7) is 0. The van der Waals surface area contributed by atoms with Crippen molar-refractivity contribution in [3.8, 4) is 0 Å². The van der Waals surface area contributed by atoms with Gasteiger partial charge >= 0.3 is 12.1 Å². The largest absolute Gasteiger partial charge is 0.469 e. The second-order valence-corrected chi connectivity index (χ2v) is 6.03. The predicted octanol–water partition coefficient (Wildman–Crippen LogP) is 4.15. The van der Waals surface area contributed by atoms with Gasteiger partial charge in [0, 0.05) is 18.6 Å². The Hall–Kier alpha value is -3.09. The summed E-state index contributed by atoms with van der Waals surface area (Å²) in [4.78, 5) is 16.2. The quantitative estimate of drug-likeness (QED) is 0.647.